The van der Waals surface area contributed by atoms with E-state index < -0.39 is 21.8 Å². The Labute approximate surface area is 163 Å². The number of H-pyrrole nitrogens is 1. The van der Waals surface area contributed by atoms with Gasteiger partial charge in [0.1, 0.15) is 11.0 Å². The van der Waals surface area contributed by atoms with Crippen LogP contribution in [0, 0.1) is 13.8 Å². The van der Waals surface area contributed by atoms with Crippen molar-refractivity contribution in [2.45, 2.75) is 49.5 Å². The van der Waals surface area contributed by atoms with Gasteiger partial charge < -0.3 is 9.64 Å². The van der Waals surface area contributed by atoms with E-state index in [0.29, 0.717) is 30.9 Å². The van der Waals surface area contributed by atoms with Crippen LogP contribution in [0.3, 0.4) is 0 Å². The highest BCUT2D eigenvalue weighted by molar-refractivity contribution is 7.89. The molecular weight excluding hydrogens is 380 g/mol. The summed E-state index contributed by atoms with van der Waals surface area (Å²) in [7, 11) is -3.78. The number of amides is 1. The van der Waals surface area contributed by atoms with Crippen molar-refractivity contribution in [3.8, 4) is 0 Å². The molecule has 3 atom stereocenters. The fourth-order valence-corrected chi connectivity index (χ4v) is 6.95. The quantitative estimate of drug-likeness (QED) is 0.839. The van der Waals surface area contributed by atoms with E-state index in [4.69, 9.17) is 4.74 Å². The van der Waals surface area contributed by atoms with Crippen molar-refractivity contribution >= 4 is 15.9 Å². The minimum Gasteiger partial charge on any atom is -0.344 e. The lowest BCUT2D eigenvalue weighted by Crippen LogP contribution is -2.48. The molecule has 3 aliphatic heterocycles. The number of rotatable bonds is 3. The molecule has 1 aromatic carbocycles. The van der Waals surface area contributed by atoms with Crippen molar-refractivity contribution in [2.75, 3.05) is 13.1 Å². The molecule has 0 radical (unpaired) electrons. The Hall–Kier alpha value is -2.23. The molecule has 9 heteroatoms. The van der Waals surface area contributed by atoms with Crippen LogP contribution >= 0.6 is 0 Å². The van der Waals surface area contributed by atoms with Crippen molar-refractivity contribution in [1.82, 2.24) is 19.4 Å². The average molecular weight is 402 g/mol. The molecule has 0 aliphatic carbocycles. The minimum atomic E-state index is -3.78. The van der Waals surface area contributed by atoms with E-state index in [2.05, 4.69) is 10.2 Å². The first-order chi connectivity index (χ1) is 13.3. The van der Waals surface area contributed by atoms with Crippen LogP contribution in [0.5, 0.6) is 0 Å². The Morgan fingerprint density at radius 2 is 2.00 bits per heavy atom. The summed E-state index contributed by atoms with van der Waals surface area (Å²) in [4.78, 5) is 14.7. The predicted molar refractivity (Wildman–Crippen MR) is 99.7 cm³/mol. The second kappa shape index (κ2) is 5.88. The van der Waals surface area contributed by atoms with Gasteiger partial charge in [-0.2, -0.15) is 9.40 Å². The number of aromatic amines is 1. The lowest BCUT2D eigenvalue weighted by atomic mass is 10.1. The van der Waals surface area contributed by atoms with Crippen LogP contribution in [0.4, 0.5) is 0 Å². The van der Waals surface area contributed by atoms with Gasteiger partial charge in [0.25, 0.3) is 0 Å². The molecule has 3 aliphatic rings. The molecule has 1 spiro atoms. The third kappa shape index (κ3) is 2.26. The Morgan fingerprint density at radius 3 is 2.68 bits per heavy atom. The van der Waals surface area contributed by atoms with Crippen molar-refractivity contribution in [2.24, 2.45) is 0 Å². The normalized spacial score (nSPS) is 30.1. The average Bonchev–Trinajstić information content (AvgIpc) is 3.37. The highest BCUT2D eigenvalue weighted by Crippen LogP contribution is 2.51. The monoisotopic (exact) mass is 402 g/mol. The summed E-state index contributed by atoms with van der Waals surface area (Å²) in [5.41, 5.74) is 1.07. The van der Waals surface area contributed by atoms with Crippen molar-refractivity contribution in [3.63, 3.8) is 0 Å². The van der Waals surface area contributed by atoms with Gasteiger partial charge in [0.15, 0.2) is 5.72 Å². The zero-order chi connectivity index (χ0) is 19.7. The minimum absolute atomic E-state index is 0.0519. The second-order valence-corrected chi connectivity index (χ2v) is 9.54. The van der Waals surface area contributed by atoms with Crippen LogP contribution in [0.25, 0.3) is 0 Å². The number of carbonyl (C=O) groups excluding carboxylic acids is 1. The maximum atomic E-state index is 13.4. The topological polar surface area (TPSA) is 95.6 Å². The summed E-state index contributed by atoms with van der Waals surface area (Å²) < 4.78 is 34.7. The first-order valence-corrected chi connectivity index (χ1v) is 10.9. The van der Waals surface area contributed by atoms with Gasteiger partial charge in [0, 0.05) is 19.4 Å². The number of hydrogen-bond donors (Lipinski definition) is 1. The summed E-state index contributed by atoms with van der Waals surface area (Å²) in [6, 6.07) is 9.25. The number of hydrogen-bond acceptors (Lipinski definition) is 5. The molecule has 0 unspecified atom stereocenters. The molecule has 3 saturated heterocycles. The van der Waals surface area contributed by atoms with Gasteiger partial charge in [0.2, 0.25) is 15.9 Å². The first kappa shape index (κ1) is 17.8. The molecule has 5 rings (SSSR count). The Balaban J connectivity index is 1.52. The van der Waals surface area contributed by atoms with E-state index in [1.54, 1.807) is 18.7 Å². The molecule has 28 heavy (non-hydrogen) atoms. The van der Waals surface area contributed by atoms with Gasteiger partial charge in [0.05, 0.1) is 24.0 Å². The van der Waals surface area contributed by atoms with Crippen LogP contribution in [0.1, 0.15) is 35.9 Å². The molecule has 8 nitrogen and oxygen atoms in total. The molecule has 2 aromatic rings. The van der Waals surface area contributed by atoms with Gasteiger partial charge in [-0.15, -0.1) is 0 Å². The molecule has 1 amide bonds. The summed E-state index contributed by atoms with van der Waals surface area (Å²) in [5, 5.41) is 6.78. The maximum Gasteiger partial charge on any atom is 0.247 e. The van der Waals surface area contributed by atoms with Crippen molar-refractivity contribution in [3.05, 3.63) is 47.3 Å². The first-order valence-electron chi connectivity index (χ1n) is 9.41. The molecule has 4 heterocycles. The van der Waals surface area contributed by atoms with Crippen LogP contribution < -0.4 is 0 Å². The predicted octanol–water partition coefficient (Wildman–Crippen LogP) is 1.49. The molecule has 0 saturated carbocycles. The largest absolute Gasteiger partial charge is 0.344 e. The van der Waals surface area contributed by atoms with Crippen LogP contribution in [0.15, 0.2) is 35.2 Å². The summed E-state index contributed by atoms with van der Waals surface area (Å²) in [5.74, 6) is -0.0519. The Bertz CT molecular complexity index is 1030. The number of carbonyl (C=O) groups is 1. The van der Waals surface area contributed by atoms with Crippen LogP contribution in [-0.4, -0.2) is 58.6 Å². The number of sulfonamides is 1. The Kier molecular flexibility index (Phi) is 3.75. The highest BCUT2D eigenvalue weighted by Gasteiger charge is 2.66. The lowest BCUT2D eigenvalue weighted by molar-refractivity contribution is -0.138. The zero-order valence-corrected chi connectivity index (χ0v) is 16.6. The molecule has 3 fully saturated rings. The van der Waals surface area contributed by atoms with Crippen molar-refractivity contribution < 1.29 is 17.9 Å². The second-order valence-electron chi connectivity index (χ2n) is 7.72. The number of nitrogens with zero attached hydrogens (tertiary/aromatic N) is 3. The van der Waals surface area contributed by atoms with E-state index in [-0.39, 0.29) is 23.3 Å². The Morgan fingerprint density at radius 1 is 1.25 bits per heavy atom. The van der Waals surface area contributed by atoms with E-state index in [1.165, 1.54) is 4.31 Å². The van der Waals surface area contributed by atoms with Gasteiger partial charge in [-0.25, -0.2) is 8.42 Å². The zero-order valence-electron chi connectivity index (χ0n) is 15.8. The van der Waals surface area contributed by atoms with Crippen molar-refractivity contribution in [1.29, 1.82) is 0 Å². The van der Waals surface area contributed by atoms with Crippen LogP contribution in [-0.2, 0) is 19.6 Å². The fraction of sp³-hybridized carbons (Fsp3) is 0.474. The van der Waals surface area contributed by atoms with Gasteiger partial charge in [-0.1, -0.05) is 30.3 Å². The number of benzene rings is 1. The number of aromatic nitrogens is 2. The molecule has 148 valence electrons. The highest BCUT2D eigenvalue weighted by atomic mass is 32.2. The molecular formula is C19H22N4O4S. The molecule has 1 N–H and O–H groups in total. The van der Waals surface area contributed by atoms with E-state index >= 15 is 0 Å². The van der Waals surface area contributed by atoms with E-state index in [0.717, 1.165) is 5.56 Å². The van der Waals surface area contributed by atoms with E-state index in [1.807, 2.05) is 30.3 Å². The number of ether oxygens (including phenoxy) is 1. The summed E-state index contributed by atoms with van der Waals surface area (Å²) in [6.07, 6.45) is 0.381. The fourth-order valence-electron chi connectivity index (χ4n) is 4.95. The van der Waals surface area contributed by atoms with Gasteiger partial charge in [-0.3, -0.25) is 9.89 Å². The van der Waals surface area contributed by atoms with Crippen LogP contribution in [0.2, 0.25) is 0 Å². The summed E-state index contributed by atoms with van der Waals surface area (Å²) in [6.45, 7) is 4.15. The maximum absolute atomic E-state index is 13.4. The van der Waals surface area contributed by atoms with Gasteiger partial charge in [-0.05, 0) is 19.4 Å². The van der Waals surface area contributed by atoms with Gasteiger partial charge >= 0.3 is 0 Å². The molecule has 1 aromatic heterocycles. The standard InChI is InChI=1S/C19H22N4O4S/c1-12-18(13(2)21-20-12)28(25,26)23-9-8-19-16(23)10-17(24)22(19)11-15(27-19)14-6-4-3-5-7-14/h3-7,15-16H,8-11H2,1-2H3,(H,20,21)/t15-,16+,19-/m0/s1. The third-order valence-electron chi connectivity index (χ3n) is 6.18. The molecule has 0 bridgehead atoms. The SMILES string of the molecule is Cc1n[nH]c(C)c1S(=O)(=O)N1CC[C@@]23O[C@H](c4ccccc4)CN2C(=O)C[C@@H]13. The smallest absolute Gasteiger partial charge is 0.247 e. The lowest BCUT2D eigenvalue weighted by Gasteiger charge is -2.31. The van der Waals surface area contributed by atoms with E-state index in [9.17, 15) is 13.2 Å². The third-order valence-corrected chi connectivity index (χ3v) is 8.35. The number of aryl methyl sites for hydroxylation is 2. The summed E-state index contributed by atoms with van der Waals surface area (Å²) >= 11 is 0. The number of nitrogens with one attached hydrogen (secondary N) is 1.